The van der Waals surface area contributed by atoms with Gasteiger partial charge in [0.15, 0.2) is 17.3 Å². The summed E-state index contributed by atoms with van der Waals surface area (Å²) in [5.41, 5.74) is 2.87. The zero-order chi connectivity index (χ0) is 18.8. The smallest absolute Gasteiger partial charge is 0.231 e. The van der Waals surface area contributed by atoms with Gasteiger partial charge in [-0.2, -0.15) is 0 Å². The lowest BCUT2D eigenvalue weighted by Gasteiger charge is -2.29. The highest BCUT2D eigenvalue weighted by Crippen LogP contribution is 2.36. The molecule has 1 amide bonds. The predicted octanol–water partition coefficient (Wildman–Crippen LogP) is 2.97. The van der Waals surface area contributed by atoms with Crippen LogP contribution >= 0.6 is 0 Å². The first-order chi connectivity index (χ1) is 13.1. The van der Waals surface area contributed by atoms with Crippen LogP contribution in [0.15, 0.2) is 36.4 Å². The number of carbonyl (C=O) groups is 2. The molecule has 0 atom stereocenters. The minimum absolute atomic E-state index is 0.000165. The van der Waals surface area contributed by atoms with Crippen molar-refractivity contribution in [3.8, 4) is 17.2 Å². The molecule has 27 heavy (non-hydrogen) atoms. The molecule has 0 radical (unpaired) electrons. The second kappa shape index (κ2) is 7.31. The fraction of sp³-hybridized carbons (Fsp3) is 0.333. The Morgan fingerprint density at radius 2 is 1.74 bits per heavy atom. The maximum Gasteiger partial charge on any atom is 0.231 e. The summed E-state index contributed by atoms with van der Waals surface area (Å²) < 4.78 is 15.9. The summed E-state index contributed by atoms with van der Waals surface area (Å²) in [6.07, 6.45) is 1.20. The Kier molecular flexibility index (Phi) is 4.71. The number of amides is 1. The molecule has 6 nitrogen and oxygen atoms in total. The largest absolute Gasteiger partial charge is 0.497 e. The number of benzene rings is 2. The van der Waals surface area contributed by atoms with Crippen molar-refractivity contribution in [2.75, 3.05) is 20.4 Å². The maximum atomic E-state index is 12.6. The number of nitrogens with zero attached hydrogens (tertiary/aromatic N) is 1. The number of Topliss-reactive ketones (excluding diaryl/α,β-unsaturated/α-hetero) is 1. The Hall–Kier alpha value is -3.02. The molecule has 2 heterocycles. The van der Waals surface area contributed by atoms with Crippen LogP contribution in [-0.2, 0) is 17.8 Å². The van der Waals surface area contributed by atoms with E-state index >= 15 is 0 Å². The molecule has 0 unspecified atom stereocenters. The van der Waals surface area contributed by atoms with Crippen molar-refractivity contribution in [1.82, 2.24) is 4.90 Å². The van der Waals surface area contributed by atoms with Crippen molar-refractivity contribution < 1.29 is 23.8 Å². The van der Waals surface area contributed by atoms with E-state index < -0.39 is 0 Å². The van der Waals surface area contributed by atoms with Gasteiger partial charge in [-0.3, -0.25) is 9.59 Å². The number of fused-ring (bicyclic) bond motifs is 2. The van der Waals surface area contributed by atoms with Gasteiger partial charge < -0.3 is 19.1 Å². The van der Waals surface area contributed by atoms with Gasteiger partial charge in [0.2, 0.25) is 12.7 Å². The van der Waals surface area contributed by atoms with E-state index in [2.05, 4.69) is 0 Å². The molecule has 0 fully saturated rings. The number of hydrogen-bond donors (Lipinski definition) is 0. The summed E-state index contributed by atoms with van der Waals surface area (Å²) in [5.74, 6) is 2.18. The predicted molar refractivity (Wildman–Crippen MR) is 98.2 cm³/mol. The van der Waals surface area contributed by atoms with Crippen LogP contribution in [0.2, 0.25) is 0 Å². The highest BCUT2D eigenvalue weighted by atomic mass is 16.7. The molecule has 2 aliphatic heterocycles. The van der Waals surface area contributed by atoms with Gasteiger partial charge in [-0.25, -0.2) is 0 Å². The van der Waals surface area contributed by atoms with E-state index in [9.17, 15) is 9.59 Å². The fourth-order valence-corrected chi connectivity index (χ4v) is 3.46. The van der Waals surface area contributed by atoms with Crippen molar-refractivity contribution in [3.63, 3.8) is 0 Å². The molecule has 4 rings (SSSR count). The second-order valence-electron chi connectivity index (χ2n) is 6.69. The molecule has 0 bridgehead atoms. The molecule has 0 saturated heterocycles. The summed E-state index contributed by atoms with van der Waals surface area (Å²) in [5, 5.41) is 0. The molecule has 0 aromatic heterocycles. The molecule has 6 heteroatoms. The van der Waals surface area contributed by atoms with Crippen LogP contribution in [0.5, 0.6) is 17.2 Å². The van der Waals surface area contributed by atoms with Gasteiger partial charge in [-0.15, -0.1) is 0 Å². The van der Waals surface area contributed by atoms with Crippen molar-refractivity contribution in [1.29, 1.82) is 0 Å². The minimum atomic E-state index is -0.0354. The Morgan fingerprint density at radius 1 is 1.04 bits per heavy atom. The first-order valence-corrected chi connectivity index (χ1v) is 9.00. The number of ketones is 1. The summed E-state index contributed by atoms with van der Waals surface area (Å²) in [6.45, 7) is 1.44. The van der Waals surface area contributed by atoms with E-state index in [0.29, 0.717) is 24.4 Å². The highest BCUT2D eigenvalue weighted by Gasteiger charge is 2.25. The van der Waals surface area contributed by atoms with Gasteiger partial charge in [-0.1, -0.05) is 0 Å². The number of ether oxygens (including phenoxy) is 3. The van der Waals surface area contributed by atoms with Gasteiger partial charge in [-0.05, 0) is 53.9 Å². The second-order valence-corrected chi connectivity index (χ2v) is 6.69. The highest BCUT2D eigenvalue weighted by molar-refractivity contribution is 5.98. The van der Waals surface area contributed by atoms with E-state index in [1.165, 1.54) is 5.56 Å². The minimum Gasteiger partial charge on any atom is -0.497 e. The molecule has 0 aliphatic carbocycles. The summed E-state index contributed by atoms with van der Waals surface area (Å²) >= 11 is 0. The third-order valence-corrected chi connectivity index (χ3v) is 5.04. The van der Waals surface area contributed by atoms with Crippen molar-refractivity contribution >= 4 is 11.7 Å². The number of methoxy groups -OCH3 is 1. The zero-order valence-corrected chi connectivity index (χ0v) is 15.2. The number of rotatable bonds is 5. The van der Waals surface area contributed by atoms with Crippen molar-refractivity contribution in [2.45, 2.75) is 25.8 Å². The van der Waals surface area contributed by atoms with Crippen LogP contribution in [0.25, 0.3) is 0 Å². The van der Waals surface area contributed by atoms with E-state index in [1.807, 2.05) is 17.0 Å². The summed E-state index contributed by atoms with van der Waals surface area (Å²) in [6, 6.07) is 10.9. The Bertz CT molecular complexity index is 875. The Balaban J connectivity index is 1.35. The summed E-state index contributed by atoms with van der Waals surface area (Å²) in [4.78, 5) is 26.7. The van der Waals surface area contributed by atoms with Crippen LogP contribution in [0.1, 0.15) is 34.3 Å². The number of hydrogen-bond acceptors (Lipinski definition) is 5. The topological polar surface area (TPSA) is 65.1 Å². The third-order valence-electron chi connectivity index (χ3n) is 5.04. The third kappa shape index (κ3) is 3.60. The van der Waals surface area contributed by atoms with E-state index in [0.717, 1.165) is 23.5 Å². The molecule has 2 aromatic rings. The van der Waals surface area contributed by atoms with Crippen molar-refractivity contribution in [2.24, 2.45) is 0 Å². The molecule has 0 N–H and O–H groups in total. The average molecular weight is 367 g/mol. The van der Waals surface area contributed by atoms with Crippen LogP contribution in [0.3, 0.4) is 0 Å². The van der Waals surface area contributed by atoms with Crippen LogP contribution in [0.4, 0.5) is 0 Å². The summed E-state index contributed by atoms with van der Waals surface area (Å²) in [7, 11) is 1.58. The van der Waals surface area contributed by atoms with E-state index in [4.69, 9.17) is 14.2 Å². The van der Waals surface area contributed by atoms with Gasteiger partial charge >= 0.3 is 0 Å². The standard InChI is InChI=1S/C21H21NO5/c1-25-17-4-2-14(3-5-17)18(23)6-7-21(24)22-9-8-15-10-19-20(27-13-26-19)11-16(15)12-22/h2-5,10-11H,6-9,12-13H2,1H3. The SMILES string of the molecule is COc1ccc(C(=O)CCC(=O)N2CCc3cc4c(cc3C2)OCO4)cc1. The molecular formula is C21H21NO5. The van der Waals surface area contributed by atoms with E-state index in [1.54, 1.807) is 31.4 Å². The van der Waals surface area contributed by atoms with Gasteiger partial charge in [0, 0.05) is 31.5 Å². The fourth-order valence-electron chi connectivity index (χ4n) is 3.46. The van der Waals surface area contributed by atoms with Crippen LogP contribution in [-0.4, -0.2) is 37.0 Å². The maximum absolute atomic E-state index is 12.6. The molecule has 2 aromatic carbocycles. The van der Waals surface area contributed by atoms with Crippen LogP contribution < -0.4 is 14.2 Å². The van der Waals surface area contributed by atoms with Gasteiger partial charge in [0.05, 0.1) is 7.11 Å². The normalized spacial score (nSPS) is 14.6. The quantitative estimate of drug-likeness (QED) is 0.760. The van der Waals surface area contributed by atoms with Gasteiger partial charge in [0.1, 0.15) is 5.75 Å². The molecule has 2 aliphatic rings. The first-order valence-electron chi connectivity index (χ1n) is 9.00. The first kappa shape index (κ1) is 17.4. The lowest BCUT2D eigenvalue weighted by Crippen LogP contribution is -2.36. The molecule has 0 saturated carbocycles. The number of carbonyl (C=O) groups excluding carboxylic acids is 2. The average Bonchev–Trinajstić information content (AvgIpc) is 3.16. The van der Waals surface area contributed by atoms with Gasteiger partial charge in [0.25, 0.3) is 0 Å². The van der Waals surface area contributed by atoms with Crippen molar-refractivity contribution in [3.05, 3.63) is 53.1 Å². The van der Waals surface area contributed by atoms with E-state index in [-0.39, 0.29) is 31.3 Å². The monoisotopic (exact) mass is 367 g/mol. The molecular weight excluding hydrogens is 346 g/mol. The zero-order valence-electron chi connectivity index (χ0n) is 15.2. The lowest BCUT2D eigenvalue weighted by molar-refractivity contribution is -0.132. The Morgan fingerprint density at radius 3 is 2.44 bits per heavy atom. The molecule has 140 valence electrons. The Labute approximate surface area is 157 Å². The van der Waals surface area contributed by atoms with Crippen LogP contribution in [0, 0.1) is 0 Å². The molecule has 0 spiro atoms. The lowest BCUT2D eigenvalue weighted by atomic mass is 9.98.